The van der Waals surface area contributed by atoms with E-state index in [1.165, 1.54) is 37.4 Å². The Bertz CT molecular complexity index is 717. The Hall–Kier alpha value is -2.36. The number of amides is 1. The van der Waals surface area contributed by atoms with Gasteiger partial charge in [0.2, 0.25) is 5.91 Å². The first kappa shape index (κ1) is 19.0. The van der Waals surface area contributed by atoms with Crippen molar-refractivity contribution in [1.82, 2.24) is 4.90 Å². The van der Waals surface area contributed by atoms with Gasteiger partial charge >= 0.3 is 12.1 Å². The van der Waals surface area contributed by atoms with Crippen LogP contribution in [0.5, 0.6) is 0 Å². The summed E-state index contributed by atoms with van der Waals surface area (Å²) in [6.07, 6.45) is -3.19. The minimum atomic E-state index is -4.39. The van der Waals surface area contributed by atoms with Crippen molar-refractivity contribution < 1.29 is 27.5 Å². The summed E-state index contributed by atoms with van der Waals surface area (Å²) in [6, 6.07) is 4.42. The fourth-order valence-electron chi connectivity index (χ4n) is 1.92. The molecule has 1 heterocycles. The van der Waals surface area contributed by atoms with E-state index < -0.39 is 23.0 Å². The minimum Gasteiger partial charge on any atom is -0.469 e. The van der Waals surface area contributed by atoms with Gasteiger partial charge in [-0.25, -0.2) is 0 Å². The number of carbonyl (C=O) groups is 2. The zero-order chi connectivity index (χ0) is 18.6. The molecule has 1 fully saturated rings. The van der Waals surface area contributed by atoms with E-state index in [0.717, 1.165) is 23.9 Å². The number of rotatable bonds is 4. The molecule has 1 atom stereocenters. The van der Waals surface area contributed by atoms with Gasteiger partial charge in [0.15, 0.2) is 5.17 Å². The third-order valence-corrected chi connectivity index (χ3v) is 4.53. The van der Waals surface area contributed by atoms with Crippen LogP contribution in [0.15, 0.2) is 34.5 Å². The quantitative estimate of drug-likeness (QED) is 0.462. The molecule has 1 aromatic carbocycles. The van der Waals surface area contributed by atoms with Gasteiger partial charge in [-0.15, -0.1) is 5.10 Å². The summed E-state index contributed by atoms with van der Waals surface area (Å²) in [5, 5.41) is 7.34. The summed E-state index contributed by atoms with van der Waals surface area (Å²) in [4.78, 5) is 24.5. The molecule has 0 bridgehead atoms. The zero-order valence-corrected chi connectivity index (χ0v) is 14.1. The normalized spacial score (nSPS) is 19.9. The summed E-state index contributed by atoms with van der Waals surface area (Å²) in [5.41, 5.74) is -0.321. The van der Waals surface area contributed by atoms with Gasteiger partial charge in [-0.1, -0.05) is 23.9 Å². The van der Waals surface area contributed by atoms with Crippen molar-refractivity contribution in [2.24, 2.45) is 10.2 Å². The van der Waals surface area contributed by atoms with Crippen molar-refractivity contribution in [2.75, 3.05) is 14.2 Å². The summed E-state index contributed by atoms with van der Waals surface area (Å²) in [7, 11) is 2.73. The Morgan fingerprint density at radius 2 is 2.00 bits per heavy atom. The predicted octanol–water partition coefficient (Wildman–Crippen LogP) is 2.53. The number of halogens is 3. The summed E-state index contributed by atoms with van der Waals surface area (Å²) in [6.45, 7) is 0. The largest absolute Gasteiger partial charge is 0.469 e. The Morgan fingerprint density at radius 3 is 2.56 bits per heavy atom. The van der Waals surface area contributed by atoms with Crippen LogP contribution in [0.2, 0.25) is 0 Å². The molecular weight excluding hydrogens is 359 g/mol. The Morgan fingerprint density at radius 1 is 1.36 bits per heavy atom. The molecular formula is C15H14F3N3O3S. The molecule has 6 nitrogen and oxygen atoms in total. The maximum Gasteiger partial charge on any atom is 0.416 e. The first-order chi connectivity index (χ1) is 11.7. The van der Waals surface area contributed by atoms with E-state index in [0.29, 0.717) is 10.7 Å². The fourth-order valence-corrected chi connectivity index (χ4v) is 3.00. The maximum absolute atomic E-state index is 12.5. The maximum atomic E-state index is 12.5. The molecule has 1 aliphatic heterocycles. The average molecular weight is 373 g/mol. The lowest BCUT2D eigenvalue weighted by Crippen LogP contribution is -2.29. The standard InChI is InChI=1S/C15H14F3N3O3S/c1-21-13(23)11(7-12(22)24-2)25-14(21)20-19-8-9-3-5-10(6-4-9)15(16,17)18/h3-6,8,11H,7H2,1-2H3/b19-8+,20-14+. The SMILES string of the molecule is COC(=O)CC1S/C(=N/N=C/c2ccc(C(F)(F)F)cc2)N(C)C1=O. The third kappa shape index (κ3) is 4.81. The van der Waals surface area contributed by atoms with Crippen molar-refractivity contribution in [3.8, 4) is 0 Å². The molecule has 134 valence electrons. The Balaban J connectivity index is 2.04. The van der Waals surface area contributed by atoms with Crippen LogP contribution in [-0.4, -0.2) is 47.6 Å². The van der Waals surface area contributed by atoms with Crippen LogP contribution >= 0.6 is 11.8 Å². The molecule has 1 saturated heterocycles. The number of carbonyl (C=O) groups excluding carboxylic acids is 2. The topological polar surface area (TPSA) is 71.3 Å². The molecule has 0 saturated carbocycles. The number of ether oxygens (including phenoxy) is 1. The van der Waals surface area contributed by atoms with Gasteiger partial charge in [0.05, 0.1) is 25.3 Å². The van der Waals surface area contributed by atoms with Crippen LogP contribution in [0.4, 0.5) is 13.2 Å². The van der Waals surface area contributed by atoms with Crippen molar-refractivity contribution >= 4 is 35.0 Å². The van der Waals surface area contributed by atoms with Crippen LogP contribution < -0.4 is 0 Å². The van der Waals surface area contributed by atoms with Crippen molar-refractivity contribution in [2.45, 2.75) is 17.8 Å². The highest BCUT2D eigenvalue weighted by Gasteiger charge is 2.37. The van der Waals surface area contributed by atoms with Gasteiger partial charge in [0.1, 0.15) is 5.25 Å². The van der Waals surface area contributed by atoms with E-state index in [9.17, 15) is 22.8 Å². The molecule has 1 aliphatic rings. The lowest BCUT2D eigenvalue weighted by Gasteiger charge is -2.07. The lowest BCUT2D eigenvalue weighted by molar-refractivity contribution is -0.142. The second-order valence-electron chi connectivity index (χ2n) is 5.03. The molecule has 10 heteroatoms. The van der Waals surface area contributed by atoms with Gasteiger partial charge in [0, 0.05) is 7.05 Å². The van der Waals surface area contributed by atoms with Gasteiger partial charge in [-0.2, -0.15) is 18.3 Å². The number of hydrogen-bond donors (Lipinski definition) is 0. The predicted molar refractivity (Wildman–Crippen MR) is 87.3 cm³/mol. The van der Waals surface area contributed by atoms with Crippen LogP contribution in [0.25, 0.3) is 0 Å². The minimum absolute atomic E-state index is 0.0774. The second-order valence-corrected chi connectivity index (χ2v) is 6.20. The summed E-state index contributed by atoms with van der Waals surface area (Å²) in [5.74, 6) is -0.798. The Labute approximate surface area is 145 Å². The van der Waals surface area contributed by atoms with Gasteiger partial charge in [-0.3, -0.25) is 14.5 Å². The molecule has 0 aliphatic carbocycles. The van der Waals surface area contributed by atoms with E-state index in [4.69, 9.17) is 0 Å². The van der Waals surface area contributed by atoms with E-state index in [2.05, 4.69) is 14.9 Å². The molecule has 0 radical (unpaired) electrons. The summed E-state index contributed by atoms with van der Waals surface area (Å²) >= 11 is 1.07. The molecule has 0 aromatic heterocycles. The molecule has 1 aromatic rings. The highest BCUT2D eigenvalue weighted by atomic mass is 32.2. The highest BCUT2D eigenvalue weighted by Crippen LogP contribution is 2.29. The van der Waals surface area contributed by atoms with Crippen LogP contribution in [0.3, 0.4) is 0 Å². The van der Waals surface area contributed by atoms with Gasteiger partial charge in [-0.05, 0) is 17.7 Å². The average Bonchev–Trinajstić information content (AvgIpc) is 2.82. The number of methoxy groups -OCH3 is 1. The number of alkyl halides is 3. The highest BCUT2D eigenvalue weighted by molar-refractivity contribution is 8.15. The third-order valence-electron chi connectivity index (χ3n) is 3.31. The first-order valence-electron chi connectivity index (χ1n) is 7.01. The summed E-state index contributed by atoms with van der Waals surface area (Å²) < 4.78 is 42.0. The number of amidine groups is 1. The number of hydrogen-bond acceptors (Lipinski definition) is 6. The van der Waals surface area contributed by atoms with Crippen molar-refractivity contribution in [3.05, 3.63) is 35.4 Å². The smallest absolute Gasteiger partial charge is 0.416 e. The molecule has 1 amide bonds. The number of nitrogens with zero attached hydrogens (tertiary/aromatic N) is 3. The van der Waals surface area contributed by atoms with Crippen LogP contribution in [0.1, 0.15) is 17.5 Å². The van der Waals surface area contributed by atoms with Gasteiger partial charge < -0.3 is 4.74 Å². The Kier molecular flexibility index (Phi) is 5.83. The second kappa shape index (κ2) is 7.68. The van der Waals surface area contributed by atoms with E-state index in [1.807, 2.05) is 0 Å². The van der Waals surface area contributed by atoms with Gasteiger partial charge in [0.25, 0.3) is 0 Å². The molecule has 0 spiro atoms. The van der Waals surface area contributed by atoms with E-state index in [-0.39, 0.29) is 12.3 Å². The number of benzene rings is 1. The van der Waals surface area contributed by atoms with E-state index >= 15 is 0 Å². The fraction of sp³-hybridized carbons (Fsp3) is 0.333. The van der Waals surface area contributed by atoms with Crippen molar-refractivity contribution in [1.29, 1.82) is 0 Å². The number of esters is 1. The molecule has 2 rings (SSSR count). The molecule has 0 N–H and O–H groups in total. The first-order valence-corrected chi connectivity index (χ1v) is 7.89. The monoisotopic (exact) mass is 373 g/mol. The lowest BCUT2D eigenvalue weighted by atomic mass is 10.1. The number of thioether (sulfide) groups is 1. The molecule has 25 heavy (non-hydrogen) atoms. The zero-order valence-electron chi connectivity index (χ0n) is 13.3. The molecule has 1 unspecified atom stereocenters. The van der Waals surface area contributed by atoms with Crippen LogP contribution in [0, 0.1) is 0 Å². The van der Waals surface area contributed by atoms with Crippen molar-refractivity contribution in [3.63, 3.8) is 0 Å². The van der Waals surface area contributed by atoms with Crippen LogP contribution in [-0.2, 0) is 20.5 Å². The van der Waals surface area contributed by atoms with E-state index in [1.54, 1.807) is 0 Å².